The second kappa shape index (κ2) is 11.3. The van der Waals surface area contributed by atoms with Gasteiger partial charge in [-0.1, -0.05) is 0 Å². The number of hydrogen-bond donors (Lipinski definition) is 0. The molecule has 1 unspecified atom stereocenters. The Balaban J connectivity index is 0.000000280. The maximum Gasteiger partial charge on any atom is 0.114 e. The molecule has 0 amide bonds. The summed E-state index contributed by atoms with van der Waals surface area (Å²) in [5.74, 6) is 0. The van der Waals surface area contributed by atoms with Gasteiger partial charge in [-0.15, -0.1) is 0 Å². The van der Waals surface area contributed by atoms with E-state index < -0.39 is 12.3 Å². The van der Waals surface area contributed by atoms with Crippen molar-refractivity contribution in [1.82, 2.24) is 14.7 Å². The van der Waals surface area contributed by atoms with Gasteiger partial charge in [-0.05, 0) is 59.9 Å². The first-order valence-electron chi connectivity index (χ1n) is 7.81. The van der Waals surface area contributed by atoms with Crippen LogP contribution in [0.1, 0.15) is 25.7 Å². The summed E-state index contributed by atoms with van der Waals surface area (Å²) in [6.07, 6.45) is 3.19. The van der Waals surface area contributed by atoms with Gasteiger partial charge in [0.05, 0.1) is 0 Å². The van der Waals surface area contributed by atoms with Crippen molar-refractivity contribution in [3.05, 3.63) is 0 Å². The van der Waals surface area contributed by atoms with Gasteiger partial charge in [0.2, 0.25) is 0 Å². The predicted molar refractivity (Wildman–Crippen MR) is 83.3 cm³/mol. The largest absolute Gasteiger partial charge is 0.306 e. The second-order valence-corrected chi connectivity index (χ2v) is 6.31. The summed E-state index contributed by atoms with van der Waals surface area (Å²) in [6.45, 7) is 5.78. The minimum atomic E-state index is -0.551. The van der Waals surface area contributed by atoms with Crippen molar-refractivity contribution in [3.8, 4) is 0 Å². The molecule has 128 valence electrons. The topological polar surface area (TPSA) is 9.72 Å². The first-order valence-corrected chi connectivity index (χ1v) is 7.81. The van der Waals surface area contributed by atoms with E-state index in [1.807, 2.05) is 23.9 Å². The lowest BCUT2D eigenvalue weighted by Gasteiger charge is -2.01. The normalized spacial score (nSPS) is 30.1. The Morgan fingerprint density at radius 1 is 0.667 bits per heavy atom. The van der Waals surface area contributed by atoms with Crippen LogP contribution < -0.4 is 0 Å². The Kier molecular flexibility index (Phi) is 11.1. The van der Waals surface area contributed by atoms with Crippen LogP contribution in [0, 0.1) is 0 Å². The molecule has 3 heterocycles. The molecule has 3 aliphatic rings. The SMILES string of the molecule is CN1CCC(F)C1.CN1CCCC1.CN1CC[C@H](F)C1.F. The molecule has 3 aliphatic heterocycles. The van der Waals surface area contributed by atoms with Crippen LogP contribution in [0.3, 0.4) is 0 Å². The summed E-state index contributed by atoms with van der Waals surface area (Å²) in [5.41, 5.74) is 0. The van der Waals surface area contributed by atoms with Crippen molar-refractivity contribution >= 4 is 0 Å². The zero-order valence-corrected chi connectivity index (χ0v) is 13.7. The number of halogens is 3. The molecule has 0 bridgehead atoms. The molecule has 3 nitrogen and oxygen atoms in total. The van der Waals surface area contributed by atoms with E-state index in [0.29, 0.717) is 13.1 Å². The Bertz CT molecular complexity index is 216. The third kappa shape index (κ3) is 10.1. The Labute approximate surface area is 127 Å². The third-order valence-electron chi connectivity index (χ3n) is 4.00. The fourth-order valence-corrected chi connectivity index (χ4v) is 2.64. The van der Waals surface area contributed by atoms with Crippen molar-refractivity contribution in [2.45, 2.75) is 38.0 Å². The minimum Gasteiger partial charge on any atom is -0.306 e. The molecule has 0 N–H and O–H groups in total. The highest BCUT2D eigenvalue weighted by atomic mass is 19.1. The molecule has 0 spiro atoms. The minimum absolute atomic E-state index is 0. The van der Waals surface area contributed by atoms with Gasteiger partial charge in [0.25, 0.3) is 0 Å². The molecule has 3 saturated heterocycles. The fraction of sp³-hybridized carbons (Fsp3) is 1.00. The zero-order chi connectivity index (χ0) is 15.0. The van der Waals surface area contributed by atoms with Crippen LogP contribution in [0.15, 0.2) is 0 Å². The molecule has 0 radical (unpaired) electrons. The maximum atomic E-state index is 12.1. The average Bonchev–Trinajstić information content (AvgIpc) is 3.07. The van der Waals surface area contributed by atoms with Gasteiger partial charge in [-0.3, -0.25) is 4.70 Å². The van der Waals surface area contributed by atoms with Crippen LogP contribution in [0.5, 0.6) is 0 Å². The average molecular weight is 311 g/mol. The lowest BCUT2D eigenvalue weighted by Crippen LogP contribution is -2.13. The van der Waals surface area contributed by atoms with E-state index in [4.69, 9.17) is 0 Å². The van der Waals surface area contributed by atoms with Gasteiger partial charge >= 0.3 is 0 Å². The van der Waals surface area contributed by atoms with Crippen molar-refractivity contribution in [2.24, 2.45) is 0 Å². The molecule has 0 aromatic rings. The summed E-state index contributed by atoms with van der Waals surface area (Å²) in [6, 6.07) is 0. The van der Waals surface area contributed by atoms with E-state index in [-0.39, 0.29) is 4.70 Å². The van der Waals surface area contributed by atoms with Crippen LogP contribution in [-0.4, -0.2) is 87.5 Å². The molecule has 3 fully saturated rings. The van der Waals surface area contributed by atoms with Crippen molar-refractivity contribution in [2.75, 3.05) is 60.4 Å². The van der Waals surface area contributed by atoms with Crippen LogP contribution in [0.4, 0.5) is 13.5 Å². The van der Waals surface area contributed by atoms with Gasteiger partial charge < -0.3 is 14.7 Å². The molecular formula is C15H32F3N3. The molecule has 21 heavy (non-hydrogen) atoms. The van der Waals surface area contributed by atoms with E-state index in [1.165, 1.54) is 25.9 Å². The van der Waals surface area contributed by atoms with E-state index in [2.05, 4.69) is 11.9 Å². The van der Waals surface area contributed by atoms with Crippen molar-refractivity contribution < 1.29 is 13.5 Å². The molecule has 6 heteroatoms. The lowest BCUT2D eigenvalue weighted by molar-refractivity contribution is 0.320. The summed E-state index contributed by atoms with van der Waals surface area (Å²) in [5, 5.41) is 0. The first kappa shape index (κ1) is 20.7. The number of likely N-dealkylation sites (tertiary alicyclic amines) is 3. The highest BCUT2D eigenvalue weighted by molar-refractivity contribution is 4.71. The smallest absolute Gasteiger partial charge is 0.114 e. The van der Waals surface area contributed by atoms with Crippen LogP contribution in [-0.2, 0) is 0 Å². The van der Waals surface area contributed by atoms with Crippen LogP contribution in [0.2, 0.25) is 0 Å². The number of rotatable bonds is 0. The molecule has 0 aromatic heterocycles. The van der Waals surface area contributed by atoms with Crippen LogP contribution in [0.25, 0.3) is 0 Å². The highest BCUT2D eigenvalue weighted by Crippen LogP contribution is 2.09. The zero-order valence-electron chi connectivity index (χ0n) is 13.7. The van der Waals surface area contributed by atoms with Gasteiger partial charge in [0, 0.05) is 26.2 Å². The maximum absolute atomic E-state index is 12.1. The second-order valence-electron chi connectivity index (χ2n) is 6.31. The van der Waals surface area contributed by atoms with Gasteiger partial charge in [0.1, 0.15) is 12.3 Å². The van der Waals surface area contributed by atoms with E-state index in [0.717, 1.165) is 25.9 Å². The van der Waals surface area contributed by atoms with Gasteiger partial charge in [0.15, 0.2) is 0 Å². The number of hydrogen-bond acceptors (Lipinski definition) is 3. The third-order valence-corrected chi connectivity index (χ3v) is 4.00. The number of nitrogens with zero attached hydrogens (tertiary/aromatic N) is 3. The number of alkyl halides is 2. The molecule has 0 aromatic carbocycles. The summed E-state index contributed by atoms with van der Waals surface area (Å²) in [4.78, 5) is 6.37. The van der Waals surface area contributed by atoms with Crippen molar-refractivity contribution in [1.29, 1.82) is 0 Å². The monoisotopic (exact) mass is 311 g/mol. The predicted octanol–water partition coefficient (Wildman–Crippen LogP) is 2.18. The van der Waals surface area contributed by atoms with E-state index >= 15 is 0 Å². The molecule has 0 aliphatic carbocycles. The lowest BCUT2D eigenvalue weighted by atomic mass is 10.4. The standard InChI is InChI=1S/2C5H10FN.C5H11N.FH/c2*1-7-3-2-5(6)4-7;1-6-4-2-3-5-6;/h2*5H,2-4H2,1H3;2-5H2,1H3;1H/t5-;;;/m0.../s1. The Morgan fingerprint density at radius 2 is 1.05 bits per heavy atom. The first-order chi connectivity index (χ1) is 9.47. The molecule has 3 rings (SSSR count). The van der Waals surface area contributed by atoms with E-state index in [9.17, 15) is 8.78 Å². The van der Waals surface area contributed by atoms with Crippen LogP contribution >= 0.6 is 0 Å². The summed E-state index contributed by atoms with van der Waals surface area (Å²) < 4.78 is 24.3. The van der Waals surface area contributed by atoms with Crippen molar-refractivity contribution in [3.63, 3.8) is 0 Å². The highest BCUT2D eigenvalue weighted by Gasteiger charge is 2.17. The van der Waals surface area contributed by atoms with Gasteiger partial charge in [-0.25, -0.2) is 8.78 Å². The fourth-order valence-electron chi connectivity index (χ4n) is 2.64. The molecule has 0 saturated carbocycles. The Hall–Kier alpha value is -0.330. The molecule has 2 atom stereocenters. The Morgan fingerprint density at radius 3 is 1.14 bits per heavy atom. The quantitative estimate of drug-likeness (QED) is 0.679. The summed E-state index contributed by atoms with van der Waals surface area (Å²) >= 11 is 0. The molecular weight excluding hydrogens is 279 g/mol. The van der Waals surface area contributed by atoms with Gasteiger partial charge in [-0.2, -0.15) is 0 Å². The van der Waals surface area contributed by atoms with E-state index in [1.54, 1.807) is 0 Å². The summed E-state index contributed by atoms with van der Waals surface area (Å²) in [7, 11) is 6.06.